The van der Waals surface area contributed by atoms with E-state index in [-0.39, 0.29) is 0 Å². The minimum atomic E-state index is -3.83. The summed E-state index contributed by atoms with van der Waals surface area (Å²) in [4.78, 5) is 10.6. The molecule has 0 saturated heterocycles. The predicted octanol–water partition coefficient (Wildman–Crippen LogP) is 0.723. The molecule has 0 amide bonds. The monoisotopic (exact) mass is 270 g/mol. The van der Waals surface area contributed by atoms with E-state index >= 15 is 0 Å². The molecule has 7 heteroatoms. The van der Waals surface area contributed by atoms with Crippen LogP contribution >= 0.6 is 0 Å². The topological polar surface area (TPSA) is 86.7 Å². The number of nitrogens with zero attached hydrogens (tertiary/aromatic N) is 1. The lowest BCUT2D eigenvalue weighted by molar-refractivity contribution is -0.134. The van der Waals surface area contributed by atoms with Crippen LogP contribution in [-0.2, 0) is 14.8 Å². The number of para-hydroxylation sites is 2. The van der Waals surface area contributed by atoms with Crippen molar-refractivity contribution in [1.82, 2.24) is 0 Å². The van der Waals surface area contributed by atoms with E-state index in [1.807, 2.05) is 0 Å². The highest BCUT2D eigenvalue weighted by molar-refractivity contribution is 7.93. The van der Waals surface area contributed by atoms with E-state index in [1.54, 1.807) is 24.3 Å². The Labute approximate surface area is 105 Å². The lowest BCUT2D eigenvalue weighted by Crippen LogP contribution is -2.36. The second kappa shape index (κ2) is 4.85. The Hall–Kier alpha value is -1.76. The summed E-state index contributed by atoms with van der Waals surface area (Å²) in [5.41, 5.74) is 1.22. The van der Waals surface area contributed by atoms with Crippen LogP contribution in [0.4, 0.5) is 11.4 Å². The summed E-state index contributed by atoms with van der Waals surface area (Å²) in [5.74, 6) is -2.23. The molecule has 1 aromatic rings. The van der Waals surface area contributed by atoms with Gasteiger partial charge in [-0.1, -0.05) is 12.1 Å². The van der Waals surface area contributed by atoms with Crippen LogP contribution in [0.5, 0.6) is 0 Å². The summed E-state index contributed by atoms with van der Waals surface area (Å²) in [7, 11) is -3.83. The highest BCUT2D eigenvalue weighted by atomic mass is 32.2. The third-order valence-corrected chi connectivity index (χ3v) is 4.33. The van der Waals surface area contributed by atoms with Crippen LogP contribution in [0.2, 0.25) is 0 Å². The number of sulfonamides is 1. The minimum absolute atomic E-state index is 0.291. The summed E-state index contributed by atoms with van der Waals surface area (Å²) in [6.45, 7) is 0.954. The van der Waals surface area contributed by atoms with Gasteiger partial charge >= 0.3 is 5.97 Å². The maximum atomic E-state index is 12.0. The summed E-state index contributed by atoms with van der Waals surface area (Å²) in [6.07, 6.45) is 0.632. The van der Waals surface area contributed by atoms with Gasteiger partial charge < -0.3 is 10.4 Å². The average Bonchev–Trinajstić information content (AvgIpc) is 2.49. The van der Waals surface area contributed by atoms with Crippen LogP contribution in [0.15, 0.2) is 24.3 Å². The first-order valence-corrected chi connectivity index (χ1v) is 7.17. The fourth-order valence-electron chi connectivity index (χ4n) is 1.93. The summed E-state index contributed by atoms with van der Waals surface area (Å²) in [5, 5.41) is 11.8. The quantitative estimate of drug-likeness (QED) is 0.845. The van der Waals surface area contributed by atoms with Crippen molar-refractivity contribution in [2.24, 2.45) is 0 Å². The first kappa shape index (κ1) is 12.7. The molecular weight excluding hydrogens is 256 g/mol. The predicted molar refractivity (Wildman–Crippen MR) is 68.3 cm³/mol. The minimum Gasteiger partial charge on any atom is -0.480 e. The second-order valence-corrected chi connectivity index (χ2v) is 5.91. The van der Waals surface area contributed by atoms with Crippen LogP contribution in [0, 0.1) is 0 Å². The number of rotatable bonds is 3. The van der Waals surface area contributed by atoms with E-state index in [2.05, 4.69) is 5.32 Å². The third kappa shape index (κ3) is 2.56. The molecule has 0 atom stereocenters. The van der Waals surface area contributed by atoms with Crippen molar-refractivity contribution in [3.63, 3.8) is 0 Å². The molecule has 1 aliphatic heterocycles. The third-order valence-electron chi connectivity index (χ3n) is 2.67. The van der Waals surface area contributed by atoms with E-state index in [1.165, 1.54) is 4.31 Å². The van der Waals surface area contributed by atoms with Gasteiger partial charge in [0.15, 0.2) is 5.75 Å². The zero-order valence-corrected chi connectivity index (χ0v) is 10.5. The van der Waals surface area contributed by atoms with Gasteiger partial charge in [0.25, 0.3) is 0 Å². The van der Waals surface area contributed by atoms with Gasteiger partial charge in [-0.3, -0.25) is 9.10 Å². The van der Waals surface area contributed by atoms with Crippen LogP contribution in [0.1, 0.15) is 6.42 Å². The van der Waals surface area contributed by atoms with Crippen molar-refractivity contribution in [3.8, 4) is 0 Å². The number of aliphatic carboxylic acids is 1. The Bertz CT molecular complexity index is 556. The van der Waals surface area contributed by atoms with Crippen molar-refractivity contribution in [2.45, 2.75) is 6.42 Å². The highest BCUT2D eigenvalue weighted by Crippen LogP contribution is 2.30. The molecule has 0 aromatic heterocycles. The largest absolute Gasteiger partial charge is 0.480 e. The number of carboxylic acids is 1. The van der Waals surface area contributed by atoms with Crippen LogP contribution < -0.4 is 9.62 Å². The van der Waals surface area contributed by atoms with Crippen molar-refractivity contribution >= 4 is 27.4 Å². The number of carbonyl (C=O) groups is 1. The van der Waals surface area contributed by atoms with Gasteiger partial charge in [0, 0.05) is 13.1 Å². The fraction of sp³-hybridized carbons (Fsp3) is 0.364. The van der Waals surface area contributed by atoms with Crippen molar-refractivity contribution in [2.75, 3.05) is 28.5 Å². The zero-order valence-electron chi connectivity index (χ0n) is 9.67. The molecule has 1 aliphatic rings. The average molecular weight is 270 g/mol. The second-order valence-electron chi connectivity index (χ2n) is 4.02. The molecular formula is C11H14N2O4S. The SMILES string of the molecule is O=C(O)CS(=O)(=O)N1CCCNc2ccccc21. The molecule has 0 fully saturated rings. The standard InChI is InChI=1S/C11H14N2O4S/c14-11(15)8-18(16,17)13-7-3-6-12-9-4-1-2-5-10(9)13/h1-2,4-5,12H,3,6-8H2,(H,14,15). The molecule has 98 valence electrons. The zero-order chi connectivity index (χ0) is 13.2. The smallest absolute Gasteiger partial charge is 0.320 e. The lowest BCUT2D eigenvalue weighted by atomic mass is 10.2. The normalized spacial score (nSPS) is 15.4. The molecule has 1 aromatic carbocycles. The molecule has 18 heavy (non-hydrogen) atoms. The van der Waals surface area contributed by atoms with E-state index in [9.17, 15) is 13.2 Å². The maximum Gasteiger partial charge on any atom is 0.320 e. The number of anilines is 2. The Balaban J connectivity index is 2.42. The fourth-order valence-corrected chi connectivity index (χ4v) is 3.26. The van der Waals surface area contributed by atoms with Gasteiger partial charge in [-0.15, -0.1) is 0 Å². The summed E-state index contributed by atoms with van der Waals surface area (Å²) >= 11 is 0. The van der Waals surface area contributed by atoms with E-state index in [4.69, 9.17) is 5.11 Å². The number of fused-ring (bicyclic) bond motifs is 1. The van der Waals surface area contributed by atoms with Gasteiger partial charge in [-0.25, -0.2) is 8.42 Å². The van der Waals surface area contributed by atoms with Crippen LogP contribution in [0.25, 0.3) is 0 Å². The van der Waals surface area contributed by atoms with Crippen molar-refractivity contribution in [1.29, 1.82) is 0 Å². The maximum absolute atomic E-state index is 12.0. The van der Waals surface area contributed by atoms with Crippen molar-refractivity contribution < 1.29 is 18.3 Å². The first-order chi connectivity index (χ1) is 8.50. The molecule has 0 bridgehead atoms. The molecule has 0 radical (unpaired) electrons. The highest BCUT2D eigenvalue weighted by Gasteiger charge is 2.28. The number of hydrogen-bond donors (Lipinski definition) is 2. The Morgan fingerprint density at radius 3 is 2.83 bits per heavy atom. The Morgan fingerprint density at radius 1 is 1.39 bits per heavy atom. The van der Waals surface area contributed by atoms with Gasteiger partial charge in [-0.05, 0) is 18.6 Å². The van der Waals surface area contributed by atoms with Gasteiger partial charge in [-0.2, -0.15) is 0 Å². The van der Waals surface area contributed by atoms with Crippen LogP contribution in [0.3, 0.4) is 0 Å². The van der Waals surface area contributed by atoms with E-state index in [0.717, 1.165) is 0 Å². The summed E-state index contributed by atoms with van der Waals surface area (Å²) in [6, 6.07) is 6.99. The van der Waals surface area contributed by atoms with Gasteiger partial charge in [0.2, 0.25) is 10.0 Å². The number of hydrogen-bond acceptors (Lipinski definition) is 4. The van der Waals surface area contributed by atoms with E-state index < -0.39 is 21.7 Å². The molecule has 0 unspecified atom stereocenters. The molecule has 2 rings (SSSR count). The number of benzene rings is 1. The lowest BCUT2D eigenvalue weighted by Gasteiger charge is -2.23. The first-order valence-electron chi connectivity index (χ1n) is 5.56. The summed E-state index contributed by atoms with van der Waals surface area (Å²) < 4.78 is 25.2. The Kier molecular flexibility index (Phi) is 3.42. The molecule has 0 aliphatic carbocycles. The molecule has 1 heterocycles. The Morgan fingerprint density at radius 2 is 2.11 bits per heavy atom. The van der Waals surface area contributed by atoms with Crippen molar-refractivity contribution in [3.05, 3.63) is 24.3 Å². The van der Waals surface area contributed by atoms with Gasteiger partial charge in [0.05, 0.1) is 11.4 Å². The van der Waals surface area contributed by atoms with Crippen LogP contribution in [-0.4, -0.2) is 38.3 Å². The molecule has 2 N–H and O–H groups in total. The number of carboxylic acid groups (broad SMARTS) is 1. The van der Waals surface area contributed by atoms with E-state index in [0.29, 0.717) is 30.9 Å². The molecule has 6 nitrogen and oxygen atoms in total. The molecule has 0 spiro atoms. The van der Waals surface area contributed by atoms with Gasteiger partial charge in [0.1, 0.15) is 0 Å². The number of nitrogens with one attached hydrogen (secondary N) is 1. The molecule has 0 saturated carbocycles.